The second-order valence-electron chi connectivity index (χ2n) is 3.82. The number of nitrogens with one attached hydrogen (secondary N) is 2. The molecule has 0 radical (unpaired) electrons. The predicted octanol–water partition coefficient (Wildman–Crippen LogP) is 0.655. The van der Waals surface area contributed by atoms with Gasteiger partial charge >= 0.3 is 0 Å². The average molecular weight is 170 g/mol. The SMILES string of the molecule is CC(=O)NCCNC1(C)CCC1. The van der Waals surface area contributed by atoms with Crippen molar-refractivity contribution in [1.29, 1.82) is 0 Å². The van der Waals surface area contributed by atoms with Gasteiger partial charge in [-0.1, -0.05) is 0 Å². The Morgan fingerprint density at radius 2 is 2.08 bits per heavy atom. The number of hydrogen-bond acceptors (Lipinski definition) is 2. The minimum atomic E-state index is 0.0514. The molecule has 0 aromatic heterocycles. The molecule has 0 saturated heterocycles. The summed E-state index contributed by atoms with van der Waals surface area (Å²) in [6, 6.07) is 0. The maximum Gasteiger partial charge on any atom is 0.216 e. The van der Waals surface area contributed by atoms with E-state index in [1.165, 1.54) is 19.3 Å². The van der Waals surface area contributed by atoms with E-state index in [0.717, 1.165) is 13.1 Å². The summed E-state index contributed by atoms with van der Waals surface area (Å²) in [6.07, 6.45) is 3.88. The van der Waals surface area contributed by atoms with Crippen molar-refractivity contribution in [1.82, 2.24) is 10.6 Å². The standard InChI is InChI=1S/C9H18N2O/c1-8(12)10-6-7-11-9(2)4-3-5-9/h11H,3-7H2,1-2H3,(H,10,12). The van der Waals surface area contributed by atoms with Crippen molar-refractivity contribution < 1.29 is 4.79 Å². The summed E-state index contributed by atoms with van der Waals surface area (Å²) in [6.45, 7) is 5.41. The lowest BCUT2D eigenvalue weighted by molar-refractivity contribution is -0.118. The normalized spacial score (nSPS) is 19.8. The summed E-state index contributed by atoms with van der Waals surface area (Å²) in [7, 11) is 0. The van der Waals surface area contributed by atoms with E-state index in [1.54, 1.807) is 6.92 Å². The van der Waals surface area contributed by atoms with E-state index in [0.29, 0.717) is 5.54 Å². The van der Waals surface area contributed by atoms with Crippen molar-refractivity contribution in [2.45, 2.75) is 38.6 Å². The Labute approximate surface area is 73.9 Å². The highest BCUT2D eigenvalue weighted by atomic mass is 16.1. The number of amides is 1. The zero-order valence-corrected chi connectivity index (χ0v) is 7.94. The Morgan fingerprint density at radius 3 is 2.50 bits per heavy atom. The van der Waals surface area contributed by atoms with Gasteiger partial charge in [0.2, 0.25) is 5.91 Å². The van der Waals surface area contributed by atoms with E-state index in [4.69, 9.17) is 0 Å². The van der Waals surface area contributed by atoms with Gasteiger partial charge < -0.3 is 10.6 Å². The zero-order valence-electron chi connectivity index (χ0n) is 7.94. The maximum atomic E-state index is 10.5. The molecule has 1 amide bonds. The van der Waals surface area contributed by atoms with Crippen LogP contribution >= 0.6 is 0 Å². The molecule has 0 heterocycles. The zero-order chi connectivity index (χ0) is 9.03. The quantitative estimate of drug-likeness (QED) is 0.608. The Kier molecular flexibility index (Phi) is 3.09. The third-order valence-electron chi connectivity index (χ3n) is 2.51. The van der Waals surface area contributed by atoms with Crippen molar-refractivity contribution in [3.05, 3.63) is 0 Å². The molecule has 1 fully saturated rings. The molecule has 70 valence electrons. The highest BCUT2D eigenvalue weighted by Gasteiger charge is 2.30. The number of carbonyl (C=O) groups excluding carboxylic acids is 1. The van der Waals surface area contributed by atoms with Gasteiger partial charge in [0.05, 0.1) is 0 Å². The Balaban J connectivity index is 1.98. The van der Waals surface area contributed by atoms with Crippen molar-refractivity contribution in [2.75, 3.05) is 13.1 Å². The van der Waals surface area contributed by atoms with E-state index < -0.39 is 0 Å². The average Bonchev–Trinajstić information content (AvgIpc) is 1.94. The third-order valence-corrected chi connectivity index (χ3v) is 2.51. The predicted molar refractivity (Wildman–Crippen MR) is 48.9 cm³/mol. The van der Waals surface area contributed by atoms with Crippen molar-refractivity contribution in [2.24, 2.45) is 0 Å². The molecule has 12 heavy (non-hydrogen) atoms. The molecule has 1 rings (SSSR count). The summed E-state index contributed by atoms with van der Waals surface area (Å²) in [5.41, 5.74) is 0.360. The van der Waals surface area contributed by atoms with Gasteiger partial charge in [-0.15, -0.1) is 0 Å². The molecule has 0 atom stereocenters. The molecule has 1 saturated carbocycles. The molecule has 0 unspecified atom stereocenters. The molecule has 0 spiro atoms. The summed E-state index contributed by atoms with van der Waals surface area (Å²) < 4.78 is 0. The first-order chi connectivity index (χ1) is 5.62. The highest BCUT2D eigenvalue weighted by molar-refractivity contribution is 5.72. The highest BCUT2D eigenvalue weighted by Crippen LogP contribution is 2.30. The third kappa shape index (κ3) is 2.81. The van der Waals surface area contributed by atoms with Gasteiger partial charge in [-0.2, -0.15) is 0 Å². The maximum absolute atomic E-state index is 10.5. The molecule has 2 N–H and O–H groups in total. The second-order valence-corrected chi connectivity index (χ2v) is 3.82. The number of hydrogen-bond donors (Lipinski definition) is 2. The van der Waals surface area contributed by atoms with E-state index in [2.05, 4.69) is 17.6 Å². The molecule has 1 aliphatic rings. The first-order valence-corrected chi connectivity index (χ1v) is 4.62. The smallest absolute Gasteiger partial charge is 0.216 e. The number of carbonyl (C=O) groups is 1. The van der Waals surface area contributed by atoms with Gasteiger partial charge in [0.1, 0.15) is 0 Å². The van der Waals surface area contributed by atoms with E-state index >= 15 is 0 Å². The first kappa shape index (κ1) is 9.52. The van der Waals surface area contributed by atoms with Gasteiger partial charge in [0, 0.05) is 25.6 Å². The Morgan fingerprint density at radius 1 is 1.42 bits per heavy atom. The monoisotopic (exact) mass is 170 g/mol. The first-order valence-electron chi connectivity index (χ1n) is 4.62. The molecule has 3 nitrogen and oxygen atoms in total. The van der Waals surface area contributed by atoms with Crippen LogP contribution in [0.4, 0.5) is 0 Å². The fraction of sp³-hybridized carbons (Fsp3) is 0.889. The van der Waals surface area contributed by atoms with Gasteiger partial charge in [0.25, 0.3) is 0 Å². The van der Waals surface area contributed by atoms with Gasteiger partial charge in [-0.05, 0) is 26.2 Å². The van der Waals surface area contributed by atoms with E-state index in [1.807, 2.05) is 0 Å². The minimum Gasteiger partial charge on any atom is -0.355 e. The van der Waals surface area contributed by atoms with Crippen molar-refractivity contribution in [3.8, 4) is 0 Å². The lowest BCUT2D eigenvalue weighted by Crippen LogP contribution is -2.50. The van der Waals surface area contributed by atoms with Crippen LogP contribution in [0.3, 0.4) is 0 Å². The fourth-order valence-corrected chi connectivity index (χ4v) is 1.49. The molecule has 0 aliphatic heterocycles. The van der Waals surface area contributed by atoms with Crippen LogP contribution in [0.25, 0.3) is 0 Å². The molecule has 0 aromatic rings. The van der Waals surface area contributed by atoms with Crippen LogP contribution in [0, 0.1) is 0 Å². The molecule has 3 heteroatoms. The topological polar surface area (TPSA) is 41.1 Å². The Hall–Kier alpha value is -0.570. The van der Waals surface area contributed by atoms with Gasteiger partial charge in [0.15, 0.2) is 0 Å². The summed E-state index contributed by atoms with van der Waals surface area (Å²) in [4.78, 5) is 10.5. The largest absolute Gasteiger partial charge is 0.355 e. The summed E-state index contributed by atoms with van der Waals surface area (Å²) in [5.74, 6) is 0.0514. The second kappa shape index (κ2) is 3.90. The minimum absolute atomic E-state index is 0.0514. The summed E-state index contributed by atoms with van der Waals surface area (Å²) in [5, 5.41) is 6.20. The summed E-state index contributed by atoms with van der Waals surface area (Å²) >= 11 is 0. The van der Waals surface area contributed by atoms with Crippen LogP contribution in [0.1, 0.15) is 33.1 Å². The van der Waals surface area contributed by atoms with Crippen LogP contribution in [0.15, 0.2) is 0 Å². The molecular formula is C9H18N2O. The van der Waals surface area contributed by atoms with Gasteiger partial charge in [-0.3, -0.25) is 4.79 Å². The molecule has 1 aliphatic carbocycles. The van der Waals surface area contributed by atoms with Crippen LogP contribution in [-0.4, -0.2) is 24.5 Å². The molecule has 0 bridgehead atoms. The van der Waals surface area contributed by atoms with Crippen LogP contribution < -0.4 is 10.6 Å². The van der Waals surface area contributed by atoms with Crippen LogP contribution in [0.5, 0.6) is 0 Å². The lowest BCUT2D eigenvalue weighted by atomic mass is 9.78. The van der Waals surface area contributed by atoms with Crippen LogP contribution in [0.2, 0.25) is 0 Å². The van der Waals surface area contributed by atoms with Crippen molar-refractivity contribution >= 4 is 5.91 Å². The van der Waals surface area contributed by atoms with Crippen LogP contribution in [-0.2, 0) is 4.79 Å². The number of rotatable bonds is 4. The van der Waals surface area contributed by atoms with E-state index in [-0.39, 0.29) is 5.91 Å². The fourth-order valence-electron chi connectivity index (χ4n) is 1.49. The molecular weight excluding hydrogens is 152 g/mol. The van der Waals surface area contributed by atoms with E-state index in [9.17, 15) is 4.79 Å². The van der Waals surface area contributed by atoms with Crippen molar-refractivity contribution in [3.63, 3.8) is 0 Å². The van der Waals surface area contributed by atoms with Gasteiger partial charge in [-0.25, -0.2) is 0 Å². The Bertz CT molecular complexity index is 164. The molecule has 0 aromatic carbocycles. The lowest BCUT2D eigenvalue weighted by Gasteiger charge is -2.39.